The van der Waals surface area contributed by atoms with Crippen LogP contribution in [0.25, 0.3) is 154 Å². The van der Waals surface area contributed by atoms with Crippen LogP contribution in [-0.4, -0.2) is 24.1 Å². The molecule has 2 aliphatic rings. The Hall–Kier alpha value is -11.3. The Balaban J connectivity index is 0.799. The minimum atomic E-state index is -0.534. The molecular formula is C80H47N5. The number of fused-ring (bicyclic) bond motifs is 23. The van der Waals surface area contributed by atoms with Crippen molar-refractivity contribution in [2.24, 2.45) is 0 Å². The molecule has 0 radical (unpaired) electrons. The topological polar surface area (TPSA) is 48.5 Å². The van der Waals surface area contributed by atoms with Crippen molar-refractivity contribution < 1.29 is 0 Å². The SMILES string of the molecule is c1ccc(-c2nc(-c3ccc(-n4c5c(-c6ccc7c(c6)-c6ccccc6C76c7ccccc7-n7c8ccccc8c8cccc6c87)cccc5c5ccc6ccccc6c54)cc3)nc(-c3ccc4c5ccccc5c5ccccc5c4c3)n2)cc1. The zero-order chi connectivity index (χ0) is 55.5. The molecule has 85 heavy (non-hydrogen) atoms. The summed E-state index contributed by atoms with van der Waals surface area (Å²) in [5.74, 6) is 1.87. The fraction of sp³-hybridized carbons (Fsp3) is 0.0125. The van der Waals surface area contributed by atoms with Crippen molar-refractivity contribution in [3.63, 3.8) is 0 Å². The molecule has 0 amide bonds. The van der Waals surface area contributed by atoms with E-state index in [4.69, 9.17) is 15.0 Å². The van der Waals surface area contributed by atoms with Crippen molar-refractivity contribution in [3.05, 3.63) is 307 Å². The van der Waals surface area contributed by atoms with E-state index >= 15 is 0 Å². The average molecular weight is 1080 g/mol. The van der Waals surface area contributed by atoms with E-state index in [1.807, 2.05) is 18.2 Å². The van der Waals surface area contributed by atoms with Gasteiger partial charge in [0.1, 0.15) is 0 Å². The van der Waals surface area contributed by atoms with Crippen LogP contribution in [0.1, 0.15) is 22.3 Å². The number of rotatable bonds is 5. The van der Waals surface area contributed by atoms with Gasteiger partial charge in [-0.3, -0.25) is 0 Å². The minimum absolute atomic E-state index is 0.534. The van der Waals surface area contributed by atoms with Crippen molar-refractivity contribution in [2.45, 2.75) is 5.41 Å². The zero-order valence-electron chi connectivity index (χ0n) is 45.9. The predicted molar refractivity (Wildman–Crippen MR) is 351 cm³/mol. The molecule has 3 aromatic heterocycles. The lowest BCUT2D eigenvalue weighted by Crippen LogP contribution is -2.33. The first-order valence-electron chi connectivity index (χ1n) is 29.3. The zero-order valence-corrected chi connectivity index (χ0v) is 45.9. The Kier molecular flexibility index (Phi) is 9.48. The highest BCUT2D eigenvalue weighted by atomic mass is 15.0. The predicted octanol–water partition coefficient (Wildman–Crippen LogP) is 20.0. The molecule has 14 aromatic carbocycles. The summed E-state index contributed by atoms with van der Waals surface area (Å²) in [6, 6.07) is 105. The van der Waals surface area contributed by atoms with E-state index in [2.05, 4.69) is 276 Å². The standard InChI is InChI=1S/C80H47N5/c1-2-19-49(20-3-1)77-81-78(83-79(82-77)52-39-43-60-58-24-7-6-22-56(58)57-23-8-9-25-59(57)66(60)47-52)50-36-41-53(42-37-50)84-74-54-21-5-4-18-48(54)38-44-65(74)64-29-16-28-55(75(64)84)51-40-45-69-67(46-51)61-26-10-12-31-68(61)80(69)70-32-13-15-35-73(70)85-72-34-14-11-27-62(72)63-30-17-33-71(80)76(63)85/h1-47H. The molecule has 1 atom stereocenters. The maximum Gasteiger partial charge on any atom is 0.164 e. The lowest BCUT2D eigenvalue weighted by molar-refractivity contribution is 0.748. The number of para-hydroxylation sites is 4. The monoisotopic (exact) mass is 1080 g/mol. The quantitative estimate of drug-likeness (QED) is 0.161. The van der Waals surface area contributed by atoms with Gasteiger partial charge in [-0.25, -0.2) is 15.0 Å². The third kappa shape index (κ3) is 6.33. The highest BCUT2D eigenvalue weighted by molar-refractivity contribution is 6.26. The summed E-state index contributed by atoms with van der Waals surface area (Å²) in [4.78, 5) is 15.8. The minimum Gasteiger partial charge on any atom is -0.309 e. The maximum atomic E-state index is 5.33. The third-order valence-electron chi connectivity index (χ3n) is 18.7. The first-order valence-corrected chi connectivity index (χ1v) is 29.3. The second-order valence-corrected chi connectivity index (χ2v) is 22.9. The molecule has 0 saturated carbocycles. The summed E-state index contributed by atoms with van der Waals surface area (Å²) < 4.78 is 5.02. The lowest BCUT2D eigenvalue weighted by atomic mass is 9.65. The lowest BCUT2D eigenvalue weighted by Gasteiger charge is -2.39. The summed E-state index contributed by atoms with van der Waals surface area (Å²) in [6.07, 6.45) is 0. The van der Waals surface area contributed by atoms with E-state index in [1.54, 1.807) is 0 Å². The van der Waals surface area contributed by atoms with E-state index < -0.39 is 5.41 Å². The Bertz CT molecular complexity index is 5700. The van der Waals surface area contributed by atoms with E-state index in [-0.39, 0.29) is 0 Å². The van der Waals surface area contributed by atoms with Crippen LogP contribution in [0.2, 0.25) is 0 Å². The van der Waals surface area contributed by atoms with Gasteiger partial charge in [0.05, 0.1) is 33.2 Å². The fourth-order valence-electron chi connectivity index (χ4n) is 15.2. The van der Waals surface area contributed by atoms with Gasteiger partial charge in [0.25, 0.3) is 0 Å². The van der Waals surface area contributed by atoms with E-state index in [9.17, 15) is 0 Å². The van der Waals surface area contributed by atoms with Crippen LogP contribution in [0.15, 0.2) is 285 Å². The Morgan fingerprint density at radius 3 is 1.53 bits per heavy atom. The van der Waals surface area contributed by atoms with Crippen molar-refractivity contribution in [1.29, 1.82) is 0 Å². The normalized spacial score (nSPS) is 14.2. The summed E-state index contributed by atoms with van der Waals surface area (Å²) in [5.41, 5.74) is 19.5. The van der Waals surface area contributed by atoms with Gasteiger partial charge in [-0.1, -0.05) is 237 Å². The van der Waals surface area contributed by atoms with Crippen molar-refractivity contribution in [3.8, 4) is 67.8 Å². The van der Waals surface area contributed by atoms with Gasteiger partial charge in [-0.05, 0) is 125 Å². The van der Waals surface area contributed by atoms with Gasteiger partial charge < -0.3 is 9.13 Å². The molecular weight excluding hydrogens is 1030 g/mol. The van der Waals surface area contributed by atoms with Crippen LogP contribution in [0.3, 0.4) is 0 Å². The van der Waals surface area contributed by atoms with Crippen molar-refractivity contribution in [2.75, 3.05) is 0 Å². The van der Waals surface area contributed by atoms with Crippen LogP contribution in [0.5, 0.6) is 0 Å². The summed E-state index contributed by atoms with van der Waals surface area (Å²) >= 11 is 0. The van der Waals surface area contributed by atoms with Gasteiger partial charge in [0.15, 0.2) is 17.5 Å². The first-order chi connectivity index (χ1) is 42.2. The van der Waals surface area contributed by atoms with Gasteiger partial charge in [0, 0.05) is 54.9 Å². The Morgan fingerprint density at radius 1 is 0.247 bits per heavy atom. The van der Waals surface area contributed by atoms with Gasteiger partial charge in [-0.2, -0.15) is 0 Å². The van der Waals surface area contributed by atoms with Gasteiger partial charge in [0.2, 0.25) is 0 Å². The molecule has 5 heteroatoms. The summed E-state index contributed by atoms with van der Waals surface area (Å²) in [6.45, 7) is 0. The summed E-state index contributed by atoms with van der Waals surface area (Å²) in [7, 11) is 0. The maximum absolute atomic E-state index is 5.33. The first kappa shape index (κ1) is 46.3. The molecule has 392 valence electrons. The molecule has 0 N–H and O–H groups in total. The van der Waals surface area contributed by atoms with Crippen LogP contribution in [0.4, 0.5) is 0 Å². The largest absolute Gasteiger partial charge is 0.309 e. The fourth-order valence-corrected chi connectivity index (χ4v) is 15.2. The van der Waals surface area contributed by atoms with Crippen molar-refractivity contribution >= 4 is 86.7 Å². The van der Waals surface area contributed by atoms with Crippen LogP contribution in [-0.2, 0) is 5.41 Å². The van der Waals surface area contributed by atoms with Crippen LogP contribution in [0, 0.1) is 0 Å². The van der Waals surface area contributed by atoms with Gasteiger partial charge in [-0.15, -0.1) is 0 Å². The molecule has 1 aliphatic carbocycles. The number of nitrogens with zero attached hydrogens (tertiary/aromatic N) is 5. The molecule has 0 bridgehead atoms. The average Bonchev–Trinajstić information content (AvgIpc) is 1.64. The van der Waals surface area contributed by atoms with Gasteiger partial charge >= 0.3 is 0 Å². The molecule has 5 nitrogen and oxygen atoms in total. The van der Waals surface area contributed by atoms with E-state index in [0.717, 1.165) is 27.9 Å². The molecule has 19 rings (SSSR count). The molecule has 17 aromatic rings. The summed E-state index contributed by atoms with van der Waals surface area (Å²) in [5, 5.41) is 14.6. The second kappa shape index (κ2) is 17.4. The van der Waals surface area contributed by atoms with E-state index in [1.165, 1.54) is 131 Å². The van der Waals surface area contributed by atoms with Crippen LogP contribution >= 0.6 is 0 Å². The smallest absolute Gasteiger partial charge is 0.164 e. The molecule has 1 unspecified atom stereocenters. The molecule has 1 aliphatic heterocycles. The molecule has 1 spiro atoms. The van der Waals surface area contributed by atoms with Crippen molar-refractivity contribution in [1.82, 2.24) is 24.1 Å². The molecule has 4 heterocycles. The second-order valence-electron chi connectivity index (χ2n) is 22.9. The Morgan fingerprint density at radius 2 is 0.753 bits per heavy atom. The molecule has 0 fully saturated rings. The highest BCUT2D eigenvalue weighted by Crippen LogP contribution is 2.61. The number of hydrogen-bond donors (Lipinski definition) is 0. The number of hydrogen-bond acceptors (Lipinski definition) is 3. The number of aromatic nitrogens is 5. The highest BCUT2D eigenvalue weighted by Gasteiger charge is 2.51. The van der Waals surface area contributed by atoms with Crippen LogP contribution < -0.4 is 0 Å². The Labute approximate surface area is 488 Å². The third-order valence-corrected chi connectivity index (χ3v) is 18.7. The number of benzene rings is 14. The molecule has 0 saturated heterocycles. The van der Waals surface area contributed by atoms with E-state index in [0.29, 0.717) is 17.5 Å².